The van der Waals surface area contributed by atoms with Crippen LogP contribution in [-0.4, -0.2) is 23.4 Å². The Hall–Kier alpha value is -3.09. The molecule has 2 aromatic rings. The summed E-state index contributed by atoms with van der Waals surface area (Å²) in [7, 11) is 1.39. The van der Waals surface area contributed by atoms with Crippen molar-refractivity contribution in [3.05, 3.63) is 58.1 Å². The van der Waals surface area contributed by atoms with Crippen molar-refractivity contribution in [1.29, 1.82) is 0 Å². The van der Waals surface area contributed by atoms with Gasteiger partial charge in [-0.1, -0.05) is 18.2 Å². The summed E-state index contributed by atoms with van der Waals surface area (Å²) in [6, 6.07) is 11.8. The number of nitro groups is 1. The third-order valence-electron chi connectivity index (χ3n) is 2.70. The maximum absolute atomic E-state index is 10.9. The van der Waals surface area contributed by atoms with E-state index < -0.39 is 16.4 Å². The van der Waals surface area contributed by atoms with Gasteiger partial charge in [-0.2, -0.15) is 5.10 Å². The van der Waals surface area contributed by atoms with E-state index in [4.69, 9.17) is 4.74 Å². The maximum atomic E-state index is 10.9. The minimum Gasteiger partial charge on any atom is -0.502 e. The van der Waals surface area contributed by atoms with E-state index in [0.29, 0.717) is 0 Å². The molecule has 0 aliphatic heterocycles. The summed E-state index contributed by atoms with van der Waals surface area (Å²) >= 11 is 0. The topological polar surface area (TPSA) is 97.0 Å². The van der Waals surface area contributed by atoms with Gasteiger partial charge in [0.2, 0.25) is 5.75 Å². The molecule has 0 aliphatic carbocycles. The van der Waals surface area contributed by atoms with Gasteiger partial charge in [0.15, 0.2) is 0 Å². The van der Waals surface area contributed by atoms with Gasteiger partial charge in [0.25, 0.3) is 0 Å². The van der Waals surface area contributed by atoms with Crippen LogP contribution in [0.2, 0.25) is 0 Å². The molecule has 0 unspecified atom stereocenters. The standard InChI is InChI=1S/C14H13N3O4/c1-21-12-7-10(14(18)13(8-12)17(19)20)9-15-16-11-5-3-2-4-6-11/h2-9,16,18H,1H3/b15-9-. The van der Waals surface area contributed by atoms with E-state index in [1.165, 1.54) is 19.4 Å². The second-order valence-electron chi connectivity index (χ2n) is 4.08. The van der Waals surface area contributed by atoms with Crippen molar-refractivity contribution in [3.63, 3.8) is 0 Å². The summed E-state index contributed by atoms with van der Waals surface area (Å²) in [5.74, 6) is -0.194. The minimum atomic E-state index is -0.681. The molecule has 21 heavy (non-hydrogen) atoms. The lowest BCUT2D eigenvalue weighted by molar-refractivity contribution is -0.385. The first kappa shape index (κ1) is 14.3. The molecule has 7 nitrogen and oxygen atoms in total. The predicted octanol–water partition coefficient (Wildman–Crippen LogP) is 2.76. The van der Waals surface area contributed by atoms with Crippen LogP contribution in [0, 0.1) is 10.1 Å². The van der Waals surface area contributed by atoms with Gasteiger partial charge in [-0.25, -0.2) is 0 Å². The highest BCUT2D eigenvalue weighted by atomic mass is 16.6. The molecular weight excluding hydrogens is 274 g/mol. The largest absolute Gasteiger partial charge is 0.502 e. The van der Waals surface area contributed by atoms with Gasteiger partial charge < -0.3 is 9.84 Å². The lowest BCUT2D eigenvalue weighted by Gasteiger charge is -2.05. The van der Waals surface area contributed by atoms with E-state index in [0.717, 1.165) is 11.8 Å². The summed E-state index contributed by atoms with van der Waals surface area (Å²) in [5, 5.41) is 24.7. The quantitative estimate of drug-likeness (QED) is 0.500. The van der Waals surface area contributed by atoms with Crippen LogP contribution in [0.3, 0.4) is 0 Å². The van der Waals surface area contributed by atoms with Crippen LogP contribution in [0.5, 0.6) is 11.5 Å². The molecule has 0 aromatic heterocycles. The Balaban J connectivity index is 2.26. The molecule has 0 saturated heterocycles. The third kappa shape index (κ3) is 3.47. The Morgan fingerprint density at radius 2 is 2.05 bits per heavy atom. The van der Waals surface area contributed by atoms with Crippen molar-refractivity contribution in [1.82, 2.24) is 0 Å². The first-order valence-corrected chi connectivity index (χ1v) is 6.01. The van der Waals surface area contributed by atoms with Crippen LogP contribution >= 0.6 is 0 Å². The number of phenols is 1. The normalized spacial score (nSPS) is 10.5. The van der Waals surface area contributed by atoms with Crippen LogP contribution in [-0.2, 0) is 0 Å². The number of nitrogens with zero attached hydrogens (tertiary/aromatic N) is 2. The second kappa shape index (κ2) is 6.38. The molecule has 0 heterocycles. The highest BCUT2D eigenvalue weighted by Crippen LogP contribution is 2.33. The third-order valence-corrected chi connectivity index (χ3v) is 2.70. The van der Waals surface area contributed by atoms with E-state index in [9.17, 15) is 15.2 Å². The monoisotopic (exact) mass is 287 g/mol. The van der Waals surface area contributed by atoms with Crippen molar-refractivity contribution in [2.45, 2.75) is 0 Å². The van der Waals surface area contributed by atoms with Crippen molar-refractivity contribution in [2.24, 2.45) is 5.10 Å². The number of nitro benzene ring substituents is 1. The molecule has 2 rings (SSSR count). The lowest BCUT2D eigenvalue weighted by Crippen LogP contribution is -1.96. The molecule has 0 saturated carbocycles. The van der Waals surface area contributed by atoms with Gasteiger partial charge in [-0.15, -0.1) is 0 Å². The zero-order chi connectivity index (χ0) is 15.2. The number of benzene rings is 2. The number of hydrogen-bond donors (Lipinski definition) is 2. The summed E-state index contributed by atoms with van der Waals surface area (Å²) < 4.78 is 4.97. The number of rotatable bonds is 5. The molecule has 0 radical (unpaired) electrons. The summed E-state index contributed by atoms with van der Waals surface area (Å²) in [4.78, 5) is 10.2. The molecule has 0 aliphatic rings. The Morgan fingerprint density at radius 3 is 2.67 bits per heavy atom. The number of hydrogen-bond acceptors (Lipinski definition) is 6. The second-order valence-corrected chi connectivity index (χ2v) is 4.08. The van der Waals surface area contributed by atoms with Gasteiger partial charge in [0.05, 0.1) is 30.0 Å². The van der Waals surface area contributed by atoms with Gasteiger partial charge in [0.1, 0.15) is 5.75 Å². The van der Waals surface area contributed by atoms with Crippen LogP contribution in [0.15, 0.2) is 47.6 Å². The summed E-state index contributed by atoms with van der Waals surface area (Å²) in [5.41, 5.74) is 3.26. The van der Waals surface area contributed by atoms with Crippen molar-refractivity contribution in [3.8, 4) is 11.5 Å². The first-order valence-electron chi connectivity index (χ1n) is 6.01. The average Bonchev–Trinajstić information content (AvgIpc) is 2.49. The molecular formula is C14H13N3O4. The number of methoxy groups -OCH3 is 1. The molecule has 2 N–H and O–H groups in total. The van der Waals surface area contributed by atoms with E-state index in [1.54, 1.807) is 0 Å². The van der Waals surface area contributed by atoms with Crippen LogP contribution in [0.1, 0.15) is 5.56 Å². The van der Waals surface area contributed by atoms with E-state index in [2.05, 4.69) is 10.5 Å². The molecule has 0 amide bonds. The molecule has 2 aromatic carbocycles. The number of nitrogens with one attached hydrogen (secondary N) is 1. The van der Waals surface area contributed by atoms with Gasteiger partial charge in [-0.3, -0.25) is 15.5 Å². The fourth-order valence-electron chi connectivity index (χ4n) is 1.66. The minimum absolute atomic E-state index is 0.185. The number of hydrazone groups is 1. The molecule has 0 fully saturated rings. The fraction of sp³-hybridized carbons (Fsp3) is 0.0714. The molecule has 0 spiro atoms. The predicted molar refractivity (Wildman–Crippen MR) is 79.0 cm³/mol. The molecule has 7 heteroatoms. The SMILES string of the molecule is COc1cc(/C=N\Nc2ccccc2)c(O)c([N+](=O)[O-])c1. The van der Waals surface area contributed by atoms with E-state index >= 15 is 0 Å². The summed E-state index contributed by atoms with van der Waals surface area (Å²) in [6.07, 6.45) is 1.29. The smallest absolute Gasteiger partial charge is 0.315 e. The van der Waals surface area contributed by atoms with Gasteiger partial charge >= 0.3 is 5.69 Å². The van der Waals surface area contributed by atoms with Crippen LogP contribution < -0.4 is 10.2 Å². The van der Waals surface area contributed by atoms with Crippen LogP contribution in [0.4, 0.5) is 11.4 Å². The van der Waals surface area contributed by atoms with Gasteiger partial charge in [0, 0.05) is 5.56 Å². The van der Waals surface area contributed by atoms with Crippen molar-refractivity contribution < 1.29 is 14.8 Å². The average molecular weight is 287 g/mol. The molecule has 108 valence electrons. The zero-order valence-electron chi connectivity index (χ0n) is 11.2. The Bertz CT molecular complexity index is 671. The number of aromatic hydroxyl groups is 1. The number of para-hydroxylation sites is 1. The maximum Gasteiger partial charge on any atom is 0.315 e. The van der Waals surface area contributed by atoms with Crippen molar-refractivity contribution in [2.75, 3.05) is 12.5 Å². The Kier molecular flexibility index (Phi) is 4.35. The number of phenolic OH excluding ortho intramolecular Hbond substituents is 1. The highest BCUT2D eigenvalue weighted by molar-refractivity contribution is 5.87. The number of ether oxygens (including phenoxy) is 1. The van der Waals surface area contributed by atoms with Gasteiger partial charge in [-0.05, 0) is 18.2 Å². The van der Waals surface area contributed by atoms with Crippen LogP contribution in [0.25, 0.3) is 0 Å². The summed E-state index contributed by atoms with van der Waals surface area (Å²) in [6.45, 7) is 0. The first-order chi connectivity index (χ1) is 10.1. The Labute approximate surface area is 120 Å². The van der Waals surface area contributed by atoms with E-state index in [-0.39, 0.29) is 11.3 Å². The Morgan fingerprint density at radius 1 is 1.33 bits per heavy atom. The van der Waals surface area contributed by atoms with E-state index in [1.807, 2.05) is 30.3 Å². The number of anilines is 1. The lowest BCUT2D eigenvalue weighted by atomic mass is 10.1. The molecule has 0 bridgehead atoms. The highest BCUT2D eigenvalue weighted by Gasteiger charge is 2.18. The fourth-order valence-corrected chi connectivity index (χ4v) is 1.66. The zero-order valence-corrected chi connectivity index (χ0v) is 11.2. The molecule has 0 atom stereocenters. The van der Waals surface area contributed by atoms with Crippen molar-refractivity contribution >= 4 is 17.6 Å².